The molecule has 4 nitrogen and oxygen atoms in total. The third-order valence-electron chi connectivity index (χ3n) is 4.86. The quantitative estimate of drug-likeness (QED) is 0.857. The molecule has 0 bridgehead atoms. The van der Waals surface area contributed by atoms with E-state index in [0.717, 1.165) is 65.2 Å². The Morgan fingerprint density at radius 2 is 1.91 bits per heavy atom. The van der Waals surface area contributed by atoms with Gasteiger partial charge in [-0.25, -0.2) is 4.39 Å². The third-order valence-corrected chi connectivity index (χ3v) is 4.86. The summed E-state index contributed by atoms with van der Waals surface area (Å²) < 4.78 is 19.2. The normalized spacial score (nSPS) is 23.5. The van der Waals surface area contributed by atoms with Crippen molar-refractivity contribution in [2.75, 3.05) is 45.9 Å². The number of likely N-dealkylation sites (tertiary alicyclic amines) is 1. The van der Waals surface area contributed by atoms with E-state index in [1.54, 1.807) is 18.2 Å². The van der Waals surface area contributed by atoms with Gasteiger partial charge in [0.2, 0.25) is 0 Å². The molecule has 2 saturated heterocycles. The van der Waals surface area contributed by atoms with Crippen LogP contribution in [0, 0.1) is 11.7 Å². The van der Waals surface area contributed by atoms with Crippen LogP contribution in [0.5, 0.6) is 0 Å². The molecule has 1 amide bonds. The Bertz CT molecular complexity index is 532. The molecule has 5 heteroatoms. The first-order valence-corrected chi connectivity index (χ1v) is 8.58. The van der Waals surface area contributed by atoms with Gasteiger partial charge in [-0.1, -0.05) is 12.1 Å². The monoisotopic (exact) mass is 320 g/mol. The number of ether oxygens (including phenoxy) is 1. The smallest absolute Gasteiger partial charge is 0.256 e. The molecular formula is C18H25FN2O2. The number of carbonyl (C=O) groups excluding carboxylic acids is 1. The highest BCUT2D eigenvalue weighted by atomic mass is 19.1. The fourth-order valence-corrected chi connectivity index (χ4v) is 3.50. The Morgan fingerprint density at radius 1 is 1.13 bits per heavy atom. The van der Waals surface area contributed by atoms with Crippen LogP contribution in [-0.4, -0.2) is 61.6 Å². The van der Waals surface area contributed by atoms with Crippen LogP contribution in [0.25, 0.3) is 0 Å². The summed E-state index contributed by atoms with van der Waals surface area (Å²) in [7, 11) is 0. The van der Waals surface area contributed by atoms with Crippen molar-refractivity contribution in [1.82, 2.24) is 9.80 Å². The third kappa shape index (κ3) is 4.30. The van der Waals surface area contributed by atoms with Gasteiger partial charge in [0.05, 0.1) is 18.8 Å². The van der Waals surface area contributed by atoms with Gasteiger partial charge in [-0.3, -0.25) is 9.69 Å². The average Bonchev–Trinajstić information content (AvgIpc) is 2.81. The number of carbonyl (C=O) groups is 1. The molecule has 2 fully saturated rings. The number of hydrogen-bond donors (Lipinski definition) is 0. The zero-order valence-corrected chi connectivity index (χ0v) is 13.5. The zero-order valence-electron chi connectivity index (χ0n) is 13.5. The molecule has 1 atom stereocenters. The van der Waals surface area contributed by atoms with E-state index >= 15 is 0 Å². The highest BCUT2D eigenvalue weighted by molar-refractivity contribution is 5.94. The van der Waals surface area contributed by atoms with Crippen LogP contribution >= 0.6 is 0 Å². The van der Waals surface area contributed by atoms with Crippen molar-refractivity contribution < 1.29 is 13.9 Å². The number of nitrogens with zero attached hydrogens (tertiary/aromatic N) is 2. The van der Waals surface area contributed by atoms with Crippen LogP contribution in [0.1, 0.15) is 29.6 Å². The van der Waals surface area contributed by atoms with Crippen molar-refractivity contribution in [2.45, 2.75) is 19.3 Å². The predicted octanol–water partition coefficient (Wildman–Crippen LogP) is 2.40. The first-order chi connectivity index (χ1) is 11.2. The van der Waals surface area contributed by atoms with Crippen molar-refractivity contribution in [2.24, 2.45) is 5.92 Å². The first-order valence-electron chi connectivity index (χ1n) is 8.58. The molecular weight excluding hydrogens is 295 g/mol. The van der Waals surface area contributed by atoms with Gasteiger partial charge >= 0.3 is 0 Å². The summed E-state index contributed by atoms with van der Waals surface area (Å²) in [6, 6.07) is 6.27. The molecule has 1 aromatic rings. The van der Waals surface area contributed by atoms with Gasteiger partial charge in [-0.2, -0.15) is 0 Å². The van der Waals surface area contributed by atoms with E-state index in [2.05, 4.69) is 4.90 Å². The van der Waals surface area contributed by atoms with Gasteiger partial charge in [0.25, 0.3) is 5.91 Å². The Labute approximate surface area is 137 Å². The van der Waals surface area contributed by atoms with E-state index in [9.17, 15) is 9.18 Å². The van der Waals surface area contributed by atoms with E-state index < -0.39 is 5.82 Å². The maximum absolute atomic E-state index is 13.8. The van der Waals surface area contributed by atoms with Gasteiger partial charge in [0, 0.05) is 32.7 Å². The molecule has 2 aliphatic heterocycles. The maximum atomic E-state index is 13.8. The van der Waals surface area contributed by atoms with Crippen LogP contribution in [0.15, 0.2) is 24.3 Å². The summed E-state index contributed by atoms with van der Waals surface area (Å²) in [6.07, 6.45) is 3.13. The summed E-state index contributed by atoms with van der Waals surface area (Å²) >= 11 is 0. The Balaban J connectivity index is 1.55. The van der Waals surface area contributed by atoms with Gasteiger partial charge < -0.3 is 9.64 Å². The van der Waals surface area contributed by atoms with Crippen molar-refractivity contribution in [3.63, 3.8) is 0 Å². The molecule has 0 radical (unpaired) electrons. The number of morpholine rings is 1. The molecule has 1 aromatic carbocycles. The molecule has 0 saturated carbocycles. The largest absolute Gasteiger partial charge is 0.379 e. The summed E-state index contributed by atoms with van der Waals surface area (Å²) in [5.41, 5.74) is 0.194. The molecule has 0 aliphatic carbocycles. The fourth-order valence-electron chi connectivity index (χ4n) is 3.50. The van der Waals surface area contributed by atoms with Crippen LogP contribution in [0.3, 0.4) is 0 Å². The lowest BCUT2D eigenvalue weighted by Crippen LogP contribution is -2.39. The molecule has 3 rings (SSSR count). The number of rotatable bonds is 3. The molecule has 1 unspecified atom stereocenters. The number of amides is 1. The molecule has 0 aromatic heterocycles. The average molecular weight is 320 g/mol. The lowest BCUT2D eigenvalue weighted by molar-refractivity contribution is 0.0296. The van der Waals surface area contributed by atoms with Crippen LogP contribution in [-0.2, 0) is 4.74 Å². The minimum atomic E-state index is -0.424. The van der Waals surface area contributed by atoms with E-state index in [1.165, 1.54) is 6.07 Å². The highest BCUT2D eigenvalue weighted by Crippen LogP contribution is 2.21. The Morgan fingerprint density at radius 3 is 2.70 bits per heavy atom. The fraction of sp³-hybridized carbons (Fsp3) is 0.611. The number of halogens is 1. The van der Waals surface area contributed by atoms with Crippen molar-refractivity contribution in [3.8, 4) is 0 Å². The Hall–Kier alpha value is -1.46. The lowest BCUT2D eigenvalue weighted by Gasteiger charge is -2.30. The van der Waals surface area contributed by atoms with Gasteiger partial charge in [-0.15, -0.1) is 0 Å². The highest BCUT2D eigenvalue weighted by Gasteiger charge is 2.24. The first kappa shape index (κ1) is 16.4. The summed E-state index contributed by atoms with van der Waals surface area (Å²) in [5.74, 6) is 0.0215. The molecule has 2 heterocycles. The molecule has 23 heavy (non-hydrogen) atoms. The van der Waals surface area contributed by atoms with Crippen LogP contribution < -0.4 is 0 Å². The number of benzene rings is 1. The number of hydrogen-bond acceptors (Lipinski definition) is 3. The van der Waals surface area contributed by atoms with Gasteiger partial charge in [0.1, 0.15) is 5.82 Å². The van der Waals surface area contributed by atoms with E-state index in [-0.39, 0.29) is 11.5 Å². The topological polar surface area (TPSA) is 32.8 Å². The predicted molar refractivity (Wildman–Crippen MR) is 86.9 cm³/mol. The second kappa shape index (κ2) is 7.88. The molecule has 126 valence electrons. The van der Waals surface area contributed by atoms with Gasteiger partial charge in [0.15, 0.2) is 0 Å². The second-order valence-corrected chi connectivity index (χ2v) is 6.48. The van der Waals surface area contributed by atoms with E-state index in [0.29, 0.717) is 5.92 Å². The minimum Gasteiger partial charge on any atom is -0.379 e. The second-order valence-electron chi connectivity index (χ2n) is 6.48. The summed E-state index contributed by atoms with van der Waals surface area (Å²) in [4.78, 5) is 16.8. The zero-order chi connectivity index (χ0) is 16.1. The van der Waals surface area contributed by atoms with Crippen LogP contribution in [0.4, 0.5) is 4.39 Å². The molecule has 0 spiro atoms. The van der Waals surface area contributed by atoms with E-state index in [4.69, 9.17) is 4.74 Å². The Kier molecular flexibility index (Phi) is 5.62. The standard InChI is InChI=1S/C18H25FN2O2/c19-17-6-2-1-5-16(17)18(22)21-8-3-4-15(7-9-21)14-20-10-12-23-13-11-20/h1-2,5-6,15H,3-4,7-14H2. The minimum absolute atomic E-state index is 0.171. The molecule has 2 aliphatic rings. The summed E-state index contributed by atoms with van der Waals surface area (Å²) in [6.45, 7) is 6.21. The van der Waals surface area contributed by atoms with Crippen molar-refractivity contribution in [3.05, 3.63) is 35.6 Å². The van der Waals surface area contributed by atoms with Crippen molar-refractivity contribution >= 4 is 5.91 Å². The summed E-state index contributed by atoms with van der Waals surface area (Å²) in [5, 5.41) is 0. The van der Waals surface area contributed by atoms with E-state index in [1.807, 2.05) is 4.90 Å². The molecule has 0 N–H and O–H groups in total. The van der Waals surface area contributed by atoms with Gasteiger partial charge in [-0.05, 0) is 37.3 Å². The SMILES string of the molecule is O=C(c1ccccc1F)N1CCCC(CN2CCOCC2)CC1. The van der Waals surface area contributed by atoms with Crippen molar-refractivity contribution in [1.29, 1.82) is 0 Å². The lowest BCUT2D eigenvalue weighted by atomic mass is 10.00. The van der Waals surface area contributed by atoms with Crippen LogP contribution in [0.2, 0.25) is 0 Å². The maximum Gasteiger partial charge on any atom is 0.256 e.